The van der Waals surface area contributed by atoms with Crippen LogP contribution in [0, 0.1) is 0 Å². The highest BCUT2D eigenvalue weighted by atomic mass is 19.1. The van der Waals surface area contributed by atoms with Crippen LogP contribution in [0.15, 0.2) is 0 Å². The minimum absolute atomic E-state index is 1.19. The van der Waals surface area contributed by atoms with Crippen LogP contribution in [0.3, 0.4) is 0 Å². The number of alkyl halides is 1. The van der Waals surface area contributed by atoms with Crippen LogP contribution in [0.25, 0.3) is 0 Å². The normalized spacial score (nSPS) is 9.08. The molecule has 0 aromatic heterocycles. The van der Waals surface area contributed by atoms with Crippen LogP contribution in [0.4, 0.5) is 4.39 Å². The molecule has 0 aliphatic rings. The van der Waals surface area contributed by atoms with Gasteiger partial charge in [-0.3, -0.25) is 0 Å². The third-order valence-electron chi connectivity index (χ3n) is 1.46. The maximum Gasteiger partial charge on any atom is 0.335 e. The Balaban J connectivity index is 0. The monoisotopic (exact) mass is 179 g/mol. The van der Waals surface area contributed by atoms with Gasteiger partial charge in [-0.2, -0.15) is 0 Å². The summed E-state index contributed by atoms with van der Waals surface area (Å²) in [5.74, 6) is -1.41. The van der Waals surface area contributed by atoms with Gasteiger partial charge in [0.2, 0.25) is 0 Å². The molecule has 1 N–H and O–H groups in total. The molecule has 12 heavy (non-hydrogen) atoms. The van der Waals surface area contributed by atoms with E-state index in [0.717, 1.165) is 0 Å². The number of carbonyl (C=O) groups is 1. The molecule has 0 saturated heterocycles. The van der Waals surface area contributed by atoms with Crippen LogP contribution in [-0.2, 0) is 4.79 Å². The molecule has 4 heteroatoms. The molecular formula is C8H18FNO2. The first-order valence-corrected chi connectivity index (χ1v) is 4.12. The van der Waals surface area contributed by atoms with Gasteiger partial charge in [0, 0.05) is 0 Å². The van der Waals surface area contributed by atoms with E-state index in [1.165, 1.54) is 19.6 Å². The van der Waals surface area contributed by atoms with E-state index >= 15 is 0 Å². The Morgan fingerprint density at radius 1 is 1.25 bits per heavy atom. The standard InChI is InChI=1S/C6H15N.C2H3FO2/c1-4-7(5-2)6-3;3-1-2(4)5/h4-6H2,1-3H3;1H2,(H,4,5). The quantitative estimate of drug-likeness (QED) is 0.709. The second-order valence-electron chi connectivity index (χ2n) is 2.15. The highest BCUT2D eigenvalue weighted by Gasteiger charge is 1.89. The van der Waals surface area contributed by atoms with Crippen molar-refractivity contribution in [3.63, 3.8) is 0 Å². The number of rotatable bonds is 4. The van der Waals surface area contributed by atoms with Crippen LogP contribution in [0.1, 0.15) is 20.8 Å². The third kappa shape index (κ3) is 12.1. The van der Waals surface area contributed by atoms with Crippen molar-refractivity contribution >= 4 is 5.97 Å². The average Bonchev–Trinajstić information content (AvgIpc) is 2.09. The number of hydrogen-bond acceptors (Lipinski definition) is 2. The molecule has 0 aliphatic heterocycles. The first kappa shape index (κ1) is 13.9. The second kappa shape index (κ2) is 10.4. The van der Waals surface area contributed by atoms with Crippen molar-refractivity contribution in [2.24, 2.45) is 0 Å². The van der Waals surface area contributed by atoms with Crippen LogP contribution < -0.4 is 0 Å². The van der Waals surface area contributed by atoms with Gasteiger partial charge in [-0.1, -0.05) is 20.8 Å². The fourth-order valence-electron chi connectivity index (χ4n) is 0.671. The number of hydrogen-bond donors (Lipinski definition) is 1. The molecule has 0 saturated carbocycles. The molecule has 0 heterocycles. The zero-order valence-corrected chi connectivity index (χ0v) is 8.01. The van der Waals surface area contributed by atoms with E-state index in [-0.39, 0.29) is 0 Å². The van der Waals surface area contributed by atoms with Crippen molar-refractivity contribution in [3.8, 4) is 0 Å². The van der Waals surface area contributed by atoms with E-state index in [2.05, 4.69) is 25.7 Å². The predicted molar refractivity (Wildman–Crippen MR) is 47.1 cm³/mol. The van der Waals surface area contributed by atoms with Crippen LogP contribution in [0.2, 0.25) is 0 Å². The summed E-state index contributed by atoms with van der Waals surface area (Å²) in [6.07, 6.45) is 0. The van der Waals surface area contributed by atoms with Crippen molar-refractivity contribution in [3.05, 3.63) is 0 Å². The lowest BCUT2D eigenvalue weighted by molar-refractivity contribution is -0.137. The van der Waals surface area contributed by atoms with Gasteiger partial charge in [-0.25, -0.2) is 9.18 Å². The molecule has 0 amide bonds. The van der Waals surface area contributed by atoms with E-state index in [1.54, 1.807) is 0 Å². The number of nitrogens with zero attached hydrogens (tertiary/aromatic N) is 1. The zero-order valence-electron chi connectivity index (χ0n) is 8.01. The molecule has 0 spiro atoms. The summed E-state index contributed by atoms with van der Waals surface area (Å²) in [5, 5.41) is 7.35. The summed E-state index contributed by atoms with van der Waals surface area (Å²) in [4.78, 5) is 11.4. The summed E-state index contributed by atoms with van der Waals surface area (Å²) >= 11 is 0. The average molecular weight is 179 g/mol. The number of carboxylic acid groups (broad SMARTS) is 1. The Hall–Kier alpha value is -0.640. The maximum atomic E-state index is 10.5. The predicted octanol–water partition coefficient (Wildman–Crippen LogP) is 1.39. The van der Waals surface area contributed by atoms with Crippen molar-refractivity contribution in [2.45, 2.75) is 20.8 Å². The Morgan fingerprint density at radius 3 is 1.50 bits per heavy atom. The molecule has 0 unspecified atom stereocenters. The minimum atomic E-state index is -1.41. The zero-order chi connectivity index (χ0) is 9.98. The summed E-state index contributed by atoms with van der Waals surface area (Å²) in [7, 11) is 0. The van der Waals surface area contributed by atoms with Gasteiger partial charge in [-0.05, 0) is 19.6 Å². The lowest BCUT2D eigenvalue weighted by Crippen LogP contribution is -2.21. The lowest BCUT2D eigenvalue weighted by Gasteiger charge is -2.13. The lowest BCUT2D eigenvalue weighted by atomic mass is 10.5. The van der Waals surface area contributed by atoms with E-state index in [0.29, 0.717) is 0 Å². The first-order chi connectivity index (χ1) is 5.62. The molecule has 0 aromatic carbocycles. The topological polar surface area (TPSA) is 40.5 Å². The van der Waals surface area contributed by atoms with E-state index < -0.39 is 12.6 Å². The van der Waals surface area contributed by atoms with Crippen LogP contribution in [0.5, 0.6) is 0 Å². The van der Waals surface area contributed by atoms with Crippen molar-refractivity contribution < 1.29 is 14.3 Å². The molecule has 0 radical (unpaired) electrons. The highest BCUT2D eigenvalue weighted by molar-refractivity contribution is 5.67. The van der Waals surface area contributed by atoms with Crippen molar-refractivity contribution in [2.75, 3.05) is 26.3 Å². The summed E-state index contributed by atoms with van der Waals surface area (Å²) in [6, 6.07) is 0. The molecule has 0 bridgehead atoms. The number of halogens is 1. The van der Waals surface area contributed by atoms with Gasteiger partial charge >= 0.3 is 5.97 Å². The summed E-state index contributed by atoms with van der Waals surface area (Å²) in [6.45, 7) is 8.85. The summed E-state index contributed by atoms with van der Waals surface area (Å²) < 4.78 is 10.5. The fraction of sp³-hybridized carbons (Fsp3) is 0.875. The van der Waals surface area contributed by atoms with Crippen LogP contribution >= 0.6 is 0 Å². The van der Waals surface area contributed by atoms with E-state index in [1.807, 2.05) is 0 Å². The Bertz CT molecular complexity index is 99.7. The Labute approximate surface area is 73.2 Å². The smallest absolute Gasteiger partial charge is 0.335 e. The molecule has 0 fully saturated rings. The second-order valence-corrected chi connectivity index (χ2v) is 2.15. The number of carboxylic acids is 1. The fourth-order valence-corrected chi connectivity index (χ4v) is 0.671. The van der Waals surface area contributed by atoms with Gasteiger partial charge in [-0.15, -0.1) is 0 Å². The maximum absolute atomic E-state index is 10.5. The molecule has 0 aliphatic carbocycles. The summed E-state index contributed by atoms with van der Waals surface area (Å²) in [5.41, 5.74) is 0. The highest BCUT2D eigenvalue weighted by Crippen LogP contribution is 1.81. The molecule has 0 atom stereocenters. The SMILES string of the molecule is CCN(CC)CC.O=C(O)CF. The minimum Gasteiger partial charge on any atom is -0.479 e. The van der Waals surface area contributed by atoms with Crippen molar-refractivity contribution in [1.29, 1.82) is 0 Å². The third-order valence-corrected chi connectivity index (χ3v) is 1.46. The molecule has 0 rings (SSSR count). The molecule has 0 aromatic rings. The first-order valence-electron chi connectivity index (χ1n) is 4.12. The Kier molecular flexibility index (Phi) is 12.0. The van der Waals surface area contributed by atoms with Crippen molar-refractivity contribution in [1.82, 2.24) is 4.90 Å². The largest absolute Gasteiger partial charge is 0.479 e. The van der Waals surface area contributed by atoms with Crippen LogP contribution in [-0.4, -0.2) is 42.3 Å². The number of aliphatic carboxylic acids is 1. The Morgan fingerprint density at radius 2 is 1.50 bits per heavy atom. The molecular weight excluding hydrogens is 161 g/mol. The molecule has 74 valence electrons. The van der Waals surface area contributed by atoms with Gasteiger partial charge in [0.05, 0.1) is 0 Å². The molecule has 3 nitrogen and oxygen atoms in total. The van der Waals surface area contributed by atoms with Gasteiger partial charge < -0.3 is 10.0 Å². The van der Waals surface area contributed by atoms with Gasteiger partial charge in [0.1, 0.15) is 0 Å². The van der Waals surface area contributed by atoms with Gasteiger partial charge in [0.15, 0.2) is 6.67 Å². The van der Waals surface area contributed by atoms with E-state index in [4.69, 9.17) is 9.90 Å². The van der Waals surface area contributed by atoms with Gasteiger partial charge in [0.25, 0.3) is 0 Å². The van der Waals surface area contributed by atoms with E-state index in [9.17, 15) is 4.39 Å².